The van der Waals surface area contributed by atoms with E-state index in [1.807, 2.05) is 18.2 Å². The molecule has 0 spiro atoms. The van der Waals surface area contributed by atoms with Crippen molar-refractivity contribution < 1.29 is 9.90 Å². The summed E-state index contributed by atoms with van der Waals surface area (Å²) in [5.74, 6) is 0.152. The third-order valence-corrected chi connectivity index (χ3v) is 2.91. The average Bonchev–Trinajstić information content (AvgIpc) is 2.73. The van der Waals surface area contributed by atoms with Gasteiger partial charge in [0, 0.05) is 5.02 Å². The van der Waals surface area contributed by atoms with E-state index in [-0.39, 0.29) is 13.0 Å². The molecule has 19 heavy (non-hydrogen) atoms. The number of nitrogens with zero attached hydrogens (tertiary/aromatic N) is 3. The lowest BCUT2D eigenvalue weighted by Crippen LogP contribution is -2.15. The molecule has 6 nitrogen and oxygen atoms in total. The van der Waals surface area contributed by atoms with Crippen LogP contribution < -0.4 is 5.73 Å². The fraction of sp³-hybridized carbons (Fsp3) is 0.250. The van der Waals surface area contributed by atoms with E-state index in [0.717, 1.165) is 5.56 Å². The normalized spacial score (nSPS) is 10.6. The minimum Gasteiger partial charge on any atom is -0.388 e. The number of aromatic nitrogens is 3. The Labute approximate surface area is 114 Å². The van der Waals surface area contributed by atoms with Crippen molar-refractivity contribution in [3.63, 3.8) is 0 Å². The summed E-state index contributed by atoms with van der Waals surface area (Å²) >= 11 is 6.06. The number of carbonyl (C=O) groups is 1. The molecule has 0 unspecified atom stereocenters. The highest BCUT2D eigenvalue weighted by molar-refractivity contribution is 6.31. The Hall–Kier alpha value is -1.92. The molecule has 1 amide bonds. The summed E-state index contributed by atoms with van der Waals surface area (Å²) in [5.41, 5.74) is 5.95. The van der Waals surface area contributed by atoms with Gasteiger partial charge in [0.25, 0.3) is 0 Å². The fourth-order valence-electron chi connectivity index (χ4n) is 1.69. The maximum atomic E-state index is 10.8. The number of rotatable bonds is 5. The van der Waals surface area contributed by atoms with Gasteiger partial charge in [0.2, 0.25) is 5.91 Å². The van der Waals surface area contributed by atoms with Gasteiger partial charge >= 0.3 is 0 Å². The molecule has 1 aromatic heterocycles. The number of carbonyl (C=O) groups excluding carboxylic acids is 1. The van der Waals surface area contributed by atoms with E-state index in [9.17, 15) is 9.90 Å². The second-order valence-corrected chi connectivity index (χ2v) is 4.40. The molecule has 0 saturated heterocycles. The van der Waals surface area contributed by atoms with Crippen LogP contribution in [0.25, 0.3) is 0 Å². The van der Waals surface area contributed by atoms with Crippen LogP contribution in [0.5, 0.6) is 0 Å². The Morgan fingerprint density at radius 2 is 2.16 bits per heavy atom. The van der Waals surface area contributed by atoms with Crippen LogP contribution in [0, 0.1) is 0 Å². The molecule has 2 aromatic rings. The average molecular weight is 281 g/mol. The quantitative estimate of drug-likeness (QED) is 0.834. The maximum absolute atomic E-state index is 10.8. The van der Waals surface area contributed by atoms with Crippen LogP contribution in [0.15, 0.2) is 24.3 Å². The van der Waals surface area contributed by atoms with Crippen LogP contribution in [-0.4, -0.2) is 25.8 Å². The van der Waals surface area contributed by atoms with Crippen LogP contribution in [-0.2, 0) is 24.4 Å². The van der Waals surface area contributed by atoms with Gasteiger partial charge < -0.3 is 10.8 Å². The van der Waals surface area contributed by atoms with Gasteiger partial charge in [-0.3, -0.25) is 4.79 Å². The molecular formula is C12H13ClN4O2. The first-order chi connectivity index (χ1) is 9.10. The predicted molar refractivity (Wildman–Crippen MR) is 69.4 cm³/mol. The van der Waals surface area contributed by atoms with Gasteiger partial charge in [0.15, 0.2) is 11.6 Å². The van der Waals surface area contributed by atoms with Crippen LogP contribution in [0.2, 0.25) is 5.02 Å². The fourth-order valence-corrected chi connectivity index (χ4v) is 1.88. The van der Waals surface area contributed by atoms with E-state index in [1.165, 1.54) is 4.68 Å². The van der Waals surface area contributed by atoms with Gasteiger partial charge in [-0.05, 0) is 11.6 Å². The first-order valence-electron chi connectivity index (χ1n) is 5.65. The van der Waals surface area contributed by atoms with Crippen LogP contribution in [0.3, 0.4) is 0 Å². The summed E-state index contributed by atoms with van der Waals surface area (Å²) in [6.07, 6.45) is -0.0531. The number of primary amides is 1. The molecule has 1 aromatic carbocycles. The van der Waals surface area contributed by atoms with Crippen molar-refractivity contribution in [1.29, 1.82) is 0 Å². The van der Waals surface area contributed by atoms with E-state index in [0.29, 0.717) is 23.2 Å². The van der Waals surface area contributed by atoms with Crippen molar-refractivity contribution in [3.8, 4) is 0 Å². The van der Waals surface area contributed by atoms with Gasteiger partial charge in [-0.2, -0.15) is 5.10 Å². The molecule has 0 fully saturated rings. The van der Waals surface area contributed by atoms with Crippen LogP contribution >= 0.6 is 11.6 Å². The Balaban J connectivity index is 2.26. The van der Waals surface area contributed by atoms with Crippen molar-refractivity contribution >= 4 is 17.5 Å². The maximum Gasteiger partial charge on any atom is 0.225 e. The van der Waals surface area contributed by atoms with E-state index < -0.39 is 5.91 Å². The third kappa shape index (κ3) is 3.30. The second kappa shape index (κ2) is 5.81. The standard InChI is InChI=1S/C12H13ClN4O2/c13-9-4-2-1-3-8(9)6-17-12(7-18)15-11(16-17)5-10(14)19/h1-4,18H,5-7H2,(H2,14,19). The molecule has 0 radical (unpaired) electrons. The van der Waals surface area contributed by atoms with E-state index >= 15 is 0 Å². The lowest BCUT2D eigenvalue weighted by molar-refractivity contribution is -0.117. The number of aliphatic hydroxyl groups excluding tert-OH is 1. The molecule has 0 aliphatic heterocycles. The summed E-state index contributed by atoms with van der Waals surface area (Å²) in [6.45, 7) is 0.109. The smallest absolute Gasteiger partial charge is 0.225 e. The number of aliphatic hydroxyl groups is 1. The molecule has 3 N–H and O–H groups in total. The zero-order valence-electron chi connectivity index (χ0n) is 10.1. The van der Waals surface area contributed by atoms with Crippen LogP contribution in [0.1, 0.15) is 17.2 Å². The van der Waals surface area contributed by atoms with Crippen LogP contribution in [0.4, 0.5) is 0 Å². The van der Waals surface area contributed by atoms with Crippen molar-refractivity contribution in [2.45, 2.75) is 19.6 Å². The molecule has 100 valence electrons. The topological polar surface area (TPSA) is 94.0 Å². The van der Waals surface area contributed by atoms with E-state index in [4.69, 9.17) is 17.3 Å². The molecule has 7 heteroatoms. The lowest BCUT2D eigenvalue weighted by Gasteiger charge is -2.05. The van der Waals surface area contributed by atoms with Gasteiger partial charge in [-0.15, -0.1) is 0 Å². The largest absolute Gasteiger partial charge is 0.388 e. The first-order valence-corrected chi connectivity index (χ1v) is 6.03. The number of hydrogen-bond donors (Lipinski definition) is 2. The number of benzene rings is 1. The zero-order valence-corrected chi connectivity index (χ0v) is 10.8. The monoisotopic (exact) mass is 280 g/mol. The molecule has 2 rings (SSSR count). The van der Waals surface area contributed by atoms with Gasteiger partial charge in [0.1, 0.15) is 6.61 Å². The molecule has 0 aliphatic rings. The van der Waals surface area contributed by atoms with E-state index in [2.05, 4.69) is 10.1 Å². The number of amides is 1. The Kier molecular flexibility index (Phi) is 4.13. The summed E-state index contributed by atoms with van der Waals surface area (Å²) in [5, 5.41) is 14.0. The predicted octanol–water partition coefficient (Wildman–Crippen LogP) is 0.500. The van der Waals surface area contributed by atoms with Crippen molar-refractivity contribution in [2.24, 2.45) is 5.73 Å². The molecule has 0 aliphatic carbocycles. The SMILES string of the molecule is NC(=O)Cc1nc(CO)n(Cc2ccccc2Cl)n1. The number of hydrogen-bond acceptors (Lipinski definition) is 4. The summed E-state index contributed by atoms with van der Waals surface area (Å²) in [6, 6.07) is 7.33. The van der Waals surface area contributed by atoms with Gasteiger partial charge in [0.05, 0.1) is 13.0 Å². The first kappa shape index (κ1) is 13.5. The molecule has 0 saturated carbocycles. The third-order valence-electron chi connectivity index (χ3n) is 2.54. The lowest BCUT2D eigenvalue weighted by atomic mass is 10.2. The summed E-state index contributed by atoms with van der Waals surface area (Å²) < 4.78 is 1.51. The zero-order chi connectivity index (χ0) is 13.8. The second-order valence-electron chi connectivity index (χ2n) is 3.99. The summed E-state index contributed by atoms with van der Waals surface area (Å²) in [4.78, 5) is 14.9. The molecule has 0 bridgehead atoms. The highest BCUT2D eigenvalue weighted by atomic mass is 35.5. The molecular weight excluding hydrogens is 268 g/mol. The highest BCUT2D eigenvalue weighted by Gasteiger charge is 2.12. The molecule has 0 atom stereocenters. The number of halogens is 1. The Morgan fingerprint density at radius 3 is 2.79 bits per heavy atom. The van der Waals surface area contributed by atoms with Crippen molar-refractivity contribution in [3.05, 3.63) is 46.5 Å². The van der Waals surface area contributed by atoms with Gasteiger partial charge in [-0.25, -0.2) is 9.67 Å². The van der Waals surface area contributed by atoms with Crippen molar-refractivity contribution in [1.82, 2.24) is 14.8 Å². The van der Waals surface area contributed by atoms with Gasteiger partial charge in [-0.1, -0.05) is 29.8 Å². The molecule has 1 heterocycles. The minimum atomic E-state index is -0.514. The summed E-state index contributed by atoms with van der Waals surface area (Å²) in [7, 11) is 0. The highest BCUT2D eigenvalue weighted by Crippen LogP contribution is 2.16. The minimum absolute atomic E-state index is 0.0531. The van der Waals surface area contributed by atoms with Crippen molar-refractivity contribution in [2.75, 3.05) is 0 Å². The van der Waals surface area contributed by atoms with E-state index in [1.54, 1.807) is 6.07 Å². The Bertz CT molecular complexity index is 597. The Morgan fingerprint density at radius 1 is 1.42 bits per heavy atom. The number of nitrogens with two attached hydrogens (primary N) is 1.